The van der Waals surface area contributed by atoms with Gasteiger partial charge in [0.15, 0.2) is 0 Å². The van der Waals surface area contributed by atoms with Crippen LogP contribution in [0.4, 0.5) is 4.39 Å². The van der Waals surface area contributed by atoms with Gasteiger partial charge in [0.05, 0.1) is 18.0 Å². The molecular formula is C21H17FN4O. The Balaban J connectivity index is 1.46. The minimum absolute atomic E-state index is 0.231. The summed E-state index contributed by atoms with van der Waals surface area (Å²) in [6.45, 7) is 0.475. The first kappa shape index (κ1) is 16.9. The largest absolute Gasteiger partial charge is 0.350 e. The molecule has 0 radical (unpaired) electrons. The second kappa shape index (κ2) is 7.37. The van der Waals surface area contributed by atoms with Crippen LogP contribution in [-0.2, 0) is 6.42 Å². The SMILES string of the molecule is O=C(NCCc1cccc2cccnc12)c1cncn1-c1ccc(F)cc1. The summed E-state index contributed by atoms with van der Waals surface area (Å²) in [7, 11) is 0. The number of nitrogens with zero attached hydrogens (tertiary/aromatic N) is 3. The number of hydrogen-bond acceptors (Lipinski definition) is 3. The first-order valence-corrected chi connectivity index (χ1v) is 8.61. The molecule has 4 rings (SSSR count). The van der Waals surface area contributed by atoms with Gasteiger partial charge < -0.3 is 5.32 Å². The number of hydrogen-bond donors (Lipinski definition) is 1. The number of benzene rings is 2. The summed E-state index contributed by atoms with van der Waals surface area (Å²) in [6.07, 6.45) is 5.48. The molecule has 1 amide bonds. The lowest BCUT2D eigenvalue weighted by Gasteiger charge is -2.10. The van der Waals surface area contributed by atoms with Crippen molar-refractivity contribution in [3.05, 3.63) is 90.4 Å². The van der Waals surface area contributed by atoms with Gasteiger partial charge in [0, 0.05) is 23.8 Å². The number of rotatable bonds is 5. The fourth-order valence-corrected chi connectivity index (χ4v) is 3.04. The van der Waals surface area contributed by atoms with E-state index in [0.717, 1.165) is 16.5 Å². The van der Waals surface area contributed by atoms with Crippen molar-refractivity contribution < 1.29 is 9.18 Å². The number of carbonyl (C=O) groups is 1. The molecule has 2 aromatic heterocycles. The molecule has 6 heteroatoms. The number of fused-ring (bicyclic) bond motifs is 1. The van der Waals surface area contributed by atoms with Crippen LogP contribution < -0.4 is 5.32 Å². The Hall–Kier alpha value is -3.54. The zero-order chi connectivity index (χ0) is 18.6. The molecule has 0 unspecified atom stereocenters. The lowest BCUT2D eigenvalue weighted by molar-refractivity contribution is 0.0947. The van der Waals surface area contributed by atoms with Crippen molar-refractivity contribution in [1.82, 2.24) is 19.9 Å². The fourth-order valence-electron chi connectivity index (χ4n) is 3.04. The Morgan fingerprint density at radius 3 is 2.74 bits per heavy atom. The van der Waals surface area contributed by atoms with Crippen molar-refractivity contribution in [1.29, 1.82) is 0 Å². The van der Waals surface area contributed by atoms with Crippen molar-refractivity contribution >= 4 is 16.8 Å². The van der Waals surface area contributed by atoms with Gasteiger partial charge in [0.1, 0.15) is 11.5 Å². The maximum Gasteiger partial charge on any atom is 0.269 e. The molecule has 0 aliphatic rings. The molecule has 0 aliphatic heterocycles. The molecule has 2 aromatic carbocycles. The van der Waals surface area contributed by atoms with E-state index in [9.17, 15) is 9.18 Å². The molecule has 2 heterocycles. The highest BCUT2D eigenvalue weighted by molar-refractivity contribution is 5.93. The van der Waals surface area contributed by atoms with Gasteiger partial charge in [-0.1, -0.05) is 24.3 Å². The van der Waals surface area contributed by atoms with Crippen molar-refractivity contribution in [2.45, 2.75) is 6.42 Å². The number of amides is 1. The molecule has 0 atom stereocenters. The van der Waals surface area contributed by atoms with Crippen LogP contribution in [0, 0.1) is 5.82 Å². The summed E-state index contributed by atoms with van der Waals surface area (Å²) in [5, 5.41) is 4.00. The molecule has 0 saturated carbocycles. The zero-order valence-electron chi connectivity index (χ0n) is 14.5. The average Bonchev–Trinajstić information content (AvgIpc) is 3.18. The smallest absolute Gasteiger partial charge is 0.269 e. The van der Waals surface area contributed by atoms with E-state index in [2.05, 4.69) is 15.3 Å². The Bertz CT molecular complexity index is 1080. The van der Waals surface area contributed by atoms with E-state index in [-0.39, 0.29) is 11.7 Å². The third kappa shape index (κ3) is 3.55. The van der Waals surface area contributed by atoms with Crippen LogP contribution in [0.3, 0.4) is 0 Å². The van der Waals surface area contributed by atoms with Crippen molar-refractivity contribution in [2.75, 3.05) is 6.54 Å². The summed E-state index contributed by atoms with van der Waals surface area (Å²) in [5.41, 5.74) is 3.11. The maximum atomic E-state index is 13.1. The average molecular weight is 360 g/mol. The second-order valence-electron chi connectivity index (χ2n) is 6.12. The fraction of sp³-hybridized carbons (Fsp3) is 0.0952. The molecule has 0 bridgehead atoms. The maximum absolute atomic E-state index is 13.1. The first-order valence-electron chi connectivity index (χ1n) is 8.61. The van der Waals surface area contributed by atoms with Gasteiger partial charge in [-0.2, -0.15) is 0 Å². The topological polar surface area (TPSA) is 59.8 Å². The molecule has 27 heavy (non-hydrogen) atoms. The van der Waals surface area contributed by atoms with Crippen LogP contribution in [0.15, 0.2) is 73.3 Å². The van der Waals surface area contributed by atoms with Crippen LogP contribution >= 0.6 is 0 Å². The molecule has 134 valence electrons. The minimum Gasteiger partial charge on any atom is -0.350 e. The molecule has 0 aliphatic carbocycles. The van der Waals surface area contributed by atoms with Crippen LogP contribution in [-0.4, -0.2) is 27.0 Å². The van der Waals surface area contributed by atoms with Crippen LogP contribution in [0.25, 0.3) is 16.6 Å². The molecule has 0 fully saturated rings. The summed E-state index contributed by atoms with van der Waals surface area (Å²) in [4.78, 5) is 21.0. The van der Waals surface area contributed by atoms with Gasteiger partial charge in [0.25, 0.3) is 5.91 Å². The summed E-state index contributed by atoms with van der Waals surface area (Å²) >= 11 is 0. The number of halogens is 1. The minimum atomic E-state index is -0.325. The van der Waals surface area contributed by atoms with Crippen molar-refractivity contribution in [3.8, 4) is 5.69 Å². The van der Waals surface area contributed by atoms with Gasteiger partial charge in [-0.25, -0.2) is 9.37 Å². The molecular weight excluding hydrogens is 343 g/mol. The number of imidazole rings is 1. The Labute approximate surface area is 155 Å². The van der Waals surface area contributed by atoms with E-state index in [4.69, 9.17) is 0 Å². The number of carbonyl (C=O) groups excluding carboxylic acids is 1. The van der Waals surface area contributed by atoms with Crippen molar-refractivity contribution in [3.63, 3.8) is 0 Å². The van der Waals surface area contributed by atoms with Crippen LogP contribution in [0.2, 0.25) is 0 Å². The highest BCUT2D eigenvalue weighted by Gasteiger charge is 2.13. The third-order valence-corrected chi connectivity index (χ3v) is 4.37. The Morgan fingerprint density at radius 1 is 1.07 bits per heavy atom. The number of nitrogens with one attached hydrogen (secondary N) is 1. The highest BCUT2D eigenvalue weighted by Crippen LogP contribution is 2.16. The van der Waals surface area contributed by atoms with Crippen LogP contribution in [0.1, 0.15) is 16.1 Å². The summed E-state index contributed by atoms with van der Waals surface area (Å²) in [6, 6.07) is 15.9. The Morgan fingerprint density at radius 2 is 1.89 bits per heavy atom. The lowest BCUT2D eigenvalue weighted by Crippen LogP contribution is -2.27. The van der Waals surface area contributed by atoms with E-state index in [1.54, 1.807) is 22.9 Å². The van der Waals surface area contributed by atoms with Gasteiger partial charge in [0.2, 0.25) is 0 Å². The second-order valence-corrected chi connectivity index (χ2v) is 6.12. The highest BCUT2D eigenvalue weighted by atomic mass is 19.1. The lowest BCUT2D eigenvalue weighted by atomic mass is 10.1. The van der Waals surface area contributed by atoms with E-state index >= 15 is 0 Å². The van der Waals surface area contributed by atoms with Crippen molar-refractivity contribution in [2.24, 2.45) is 0 Å². The molecule has 1 N–H and O–H groups in total. The summed E-state index contributed by atoms with van der Waals surface area (Å²) < 4.78 is 14.8. The first-order chi connectivity index (χ1) is 13.2. The molecule has 0 spiro atoms. The summed E-state index contributed by atoms with van der Waals surface area (Å²) in [5.74, 6) is -0.557. The molecule has 4 aromatic rings. The normalized spacial score (nSPS) is 10.9. The van der Waals surface area contributed by atoms with E-state index in [0.29, 0.717) is 24.3 Å². The van der Waals surface area contributed by atoms with E-state index in [1.165, 1.54) is 24.7 Å². The predicted octanol–water partition coefficient (Wildman–Crippen LogP) is 3.53. The Kier molecular flexibility index (Phi) is 4.61. The van der Waals surface area contributed by atoms with Gasteiger partial charge in [-0.3, -0.25) is 14.3 Å². The molecule has 0 saturated heterocycles. The zero-order valence-corrected chi connectivity index (χ0v) is 14.5. The van der Waals surface area contributed by atoms with E-state index < -0.39 is 0 Å². The number of aromatic nitrogens is 3. The van der Waals surface area contributed by atoms with Crippen LogP contribution in [0.5, 0.6) is 0 Å². The predicted molar refractivity (Wildman–Crippen MR) is 101 cm³/mol. The third-order valence-electron chi connectivity index (χ3n) is 4.37. The van der Waals surface area contributed by atoms with Gasteiger partial charge in [-0.05, 0) is 42.3 Å². The van der Waals surface area contributed by atoms with Gasteiger partial charge >= 0.3 is 0 Å². The molecule has 5 nitrogen and oxygen atoms in total. The number of pyridine rings is 1. The monoisotopic (exact) mass is 360 g/mol. The number of para-hydroxylation sites is 1. The standard InChI is InChI=1S/C21H17FN4O/c22-17-6-8-18(9-7-17)26-14-23-13-19(26)21(27)25-12-10-16-4-1-3-15-5-2-11-24-20(15)16/h1-9,11,13-14H,10,12H2,(H,25,27). The quantitative estimate of drug-likeness (QED) is 0.592. The van der Waals surface area contributed by atoms with Gasteiger partial charge in [-0.15, -0.1) is 0 Å². The van der Waals surface area contributed by atoms with E-state index in [1.807, 2.05) is 30.3 Å².